The minimum Gasteiger partial charge on any atom is -0.494 e. The standard InChI is InChI=1S/C11H15N3O4/c12-13-10(17)8-7-9(16)14(11(8)18)5-3-1-2-4-6-15/h6-7,12,16,18H,1-5H2. The second kappa shape index (κ2) is 6.53. The third-order valence-corrected chi connectivity index (χ3v) is 2.58. The van der Waals surface area contributed by atoms with Crippen molar-refractivity contribution < 1.29 is 19.8 Å². The molecule has 1 heterocycles. The van der Waals surface area contributed by atoms with E-state index in [-0.39, 0.29) is 17.3 Å². The van der Waals surface area contributed by atoms with Crippen LogP contribution in [-0.2, 0) is 11.3 Å². The molecule has 3 N–H and O–H groups in total. The van der Waals surface area contributed by atoms with Crippen LogP contribution < -0.4 is 0 Å². The van der Waals surface area contributed by atoms with E-state index in [0.717, 1.165) is 25.2 Å². The molecular formula is C11H15N3O4. The van der Waals surface area contributed by atoms with Crippen LogP contribution in [-0.4, -0.2) is 27.0 Å². The van der Waals surface area contributed by atoms with Gasteiger partial charge in [0.2, 0.25) is 5.88 Å². The van der Waals surface area contributed by atoms with Crippen LogP contribution >= 0.6 is 0 Å². The van der Waals surface area contributed by atoms with Crippen molar-refractivity contribution in [3.63, 3.8) is 0 Å². The van der Waals surface area contributed by atoms with Crippen molar-refractivity contribution in [2.75, 3.05) is 0 Å². The SMILES string of the molecule is N=NC(=O)c1cc(O)n(CCCCCC=O)c1O. The molecular weight excluding hydrogens is 238 g/mol. The predicted octanol–water partition coefficient (Wildman–Crippen LogP) is 1.83. The molecule has 18 heavy (non-hydrogen) atoms. The molecule has 7 nitrogen and oxygen atoms in total. The van der Waals surface area contributed by atoms with Crippen molar-refractivity contribution in [2.24, 2.45) is 5.11 Å². The number of carbonyl (C=O) groups excluding carboxylic acids is 2. The molecule has 1 amide bonds. The first-order valence-corrected chi connectivity index (χ1v) is 5.58. The van der Waals surface area contributed by atoms with E-state index in [0.29, 0.717) is 19.4 Å². The van der Waals surface area contributed by atoms with Gasteiger partial charge in [-0.3, -0.25) is 9.36 Å². The topological polar surface area (TPSA) is 116 Å². The van der Waals surface area contributed by atoms with Gasteiger partial charge in [0.25, 0.3) is 5.91 Å². The third kappa shape index (κ3) is 3.16. The van der Waals surface area contributed by atoms with Crippen molar-refractivity contribution in [3.05, 3.63) is 11.6 Å². The van der Waals surface area contributed by atoms with Crippen molar-refractivity contribution in [2.45, 2.75) is 32.2 Å². The van der Waals surface area contributed by atoms with E-state index in [1.807, 2.05) is 0 Å². The van der Waals surface area contributed by atoms with Gasteiger partial charge in [-0.2, -0.15) is 0 Å². The second-order valence-corrected chi connectivity index (χ2v) is 3.82. The predicted molar refractivity (Wildman–Crippen MR) is 61.8 cm³/mol. The molecule has 0 saturated carbocycles. The molecule has 1 rings (SSSR count). The molecule has 1 aromatic rings. The van der Waals surface area contributed by atoms with Gasteiger partial charge in [-0.05, 0) is 12.8 Å². The highest BCUT2D eigenvalue weighted by Gasteiger charge is 2.19. The maximum absolute atomic E-state index is 11.1. The van der Waals surface area contributed by atoms with Gasteiger partial charge in [-0.1, -0.05) is 6.42 Å². The van der Waals surface area contributed by atoms with Gasteiger partial charge >= 0.3 is 0 Å². The number of carbonyl (C=O) groups is 2. The number of aromatic hydroxyl groups is 2. The zero-order valence-electron chi connectivity index (χ0n) is 9.80. The lowest BCUT2D eigenvalue weighted by Crippen LogP contribution is -1.98. The molecule has 0 aliphatic heterocycles. The Morgan fingerprint density at radius 1 is 1.39 bits per heavy atom. The number of nitrogens with zero attached hydrogens (tertiary/aromatic N) is 2. The lowest BCUT2D eigenvalue weighted by molar-refractivity contribution is -0.107. The average molecular weight is 253 g/mol. The summed E-state index contributed by atoms with van der Waals surface area (Å²) in [7, 11) is 0. The summed E-state index contributed by atoms with van der Waals surface area (Å²) in [5, 5.41) is 21.9. The van der Waals surface area contributed by atoms with Crippen LogP contribution in [0.5, 0.6) is 11.8 Å². The Kier molecular flexibility index (Phi) is 5.04. The van der Waals surface area contributed by atoms with Gasteiger partial charge in [-0.15, -0.1) is 5.11 Å². The molecule has 98 valence electrons. The summed E-state index contributed by atoms with van der Waals surface area (Å²) >= 11 is 0. The number of unbranched alkanes of at least 4 members (excludes halogenated alkanes) is 3. The maximum atomic E-state index is 11.1. The second-order valence-electron chi connectivity index (χ2n) is 3.82. The van der Waals surface area contributed by atoms with Gasteiger partial charge in [0, 0.05) is 19.0 Å². The van der Waals surface area contributed by atoms with Crippen molar-refractivity contribution in [3.8, 4) is 11.8 Å². The van der Waals surface area contributed by atoms with Crippen LogP contribution in [0.1, 0.15) is 36.0 Å². The molecule has 0 fully saturated rings. The van der Waals surface area contributed by atoms with E-state index in [1.54, 1.807) is 0 Å². The Hall–Kier alpha value is -2.18. The Morgan fingerprint density at radius 2 is 2.11 bits per heavy atom. The summed E-state index contributed by atoms with van der Waals surface area (Å²) in [6.07, 6.45) is 3.53. The summed E-state index contributed by atoms with van der Waals surface area (Å²) in [5.74, 6) is -1.53. The molecule has 0 spiro atoms. The monoisotopic (exact) mass is 253 g/mol. The van der Waals surface area contributed by atoms with Gasteiger partial charge in [0.15, 0.2) is 5.88 Å². The molecule has 1 aromatic heterocycles. The molecule has 0 atom stereocenters. The highest BCUT2D eigenvalue weighted by molar-refractivity contribution is 5.97. The van der Waals surface area contributed by atoms with Crippen molar-refractivity contribution in [1.82, 2.24) is 4.57 Å². The zero-order valence-corrected chi connectivity index (χ0v) is 9.80. The van der Waals surface area contributed by atoms with E-state index in [1.165, 1.54) is 4.57 Å². The van der Waals surface area contributed by atoms with Crippen LogP contribution in [0.2, 0.25) is 0 Å². The van der Waals surface area contributed by atoms with Gasteiger partial charge < -0.3 is 15.0 Å². The molecule has 0 aliphatic rings. The van der Waals surface area contributed by atoms with Crippen LogP contribution in [0.3, 0.4) is 0 Å². The van der Waals surface area contributed by atoms with Crippen LogP contribution in [0.25, 0.3) is 0 Å². The summed E-state index contributed by atoms with van der Waals surface area (Å²) in [6.45, 7) is 0.335. The van der Waals surface area contributed by atoms with Crippen LogP contribution in [0, 0.1) is 5.53 Å². The summed E-state index contributed by atoms with van der Waals surface area (Å²) in [4.78, 5) is 21.2. The quantitative estimate of drug-likeness (QED) is 0.390. The Bertz CT molecular complexity index is 453. The van der Waals surface area contributed by atoms with E-state index < -0.39 is 5.91 Å². The molecule has 0 bridgehead atoms. The number of rotatable bonds is 7. The highest BCUT2D eigenvalue weighted by atomic mass is 16.3. The minimum absolute atomic E-state index is 0.185. The number of hydrogen-bond acceptors (Lipinski definition) is 5. The molecule has 0 aliphatic carbocycles. The van der Waals surface area contributed by atoms with Crippen molar-refractivity contribution >= 4 is 12.2 Å². The Labute approximate surface area is 104 Å². The average Bonchev–Trinajstić information content (AvgIpc) is 2.65. The van der Waals surface area contributed by atoms with Crippen LogP contribution in [0.15, 0.2) is 11.2 Å². The van der Waals surface area contributed by atoms with E-state index in [9.17, 15) is 19.8 Å². The molecule has 0 radical (unpaired) electrons. The summed E-state index contributed by atoms with van der Waals surface area (Å²) in [5.41, 5.74) is 6.39. The van der Waals surface area contributed by atoms with E-state index in [4.69, 9.17) is 5.53 Å². The van der Waals surface area contributed by atoms with Crippen LogP contribution in [0.4, 0.5) is 0 Å². The molecule has 0 unspecified atom stereocenters. The summed E-state index contributed by atoms with van der Waals surface area (Å²) < 4.78 is 1.18. The Morgan fingerprint density at radius 3 is 2.72 bits per heavy atom. The number of hydrogen-bond donors (Lipinski definition) is 3. The molecule has 0 saturated heterocycles. The largest absolute Gasteiger partial charge is 0.494 e. The molecule has 0 aromatic carbocycles. The van der Waals surface area contributed by atoms with Crippen molar-refractivity contribution in [1.29, 1.82) is 5.53 Å². The maximum Gasteiger partial charge on any atom is 0.300 e. The van der Waals surface area contributed by atoms with Gasteiger partial charge in [-0.25, -0.2) is 5.53 Å². The van der Waals surface area contributed by atoms with Gasteiger partial charge in [0.05, 0.1) is 0 Å². The smallest absolute Gasteiger partial charge is 0.300 e. The fourth-order valence-electron chi connectivity index (χ4n) is 1.64. The normalized spacial score (nSPS) is 10.2. The lowest BCUT2D eigenvalue weighted by Gasteiger charge is -2.06. The number of aldehydes is 1. The number of amides is 1. The first-order chi connectivity index (χ1) is 8.61. The first kappa shape index (κ1) is 13.9. The minimum atomic E-state index is -0.900. The van der Waals surface area contributed by atoms with Gasteiger partial charge in [0.1, 0.15) is 11.8 Å². The summed E-state index contributed by atoms with van der Waals surface area (Å²) in [6, 6.07) is 1.08. The fourth-order valence-corrected chi connectivity index (χ4v) is 1.64. The third-order valence-electron chi connectivity index (χ3n) is 2.58. The number of nitrogens with one attached hydrogen (secondary N) is 1. The highest BCUT2D eigenvalue weighted by Crippen LogP contribution is 2.28. The first-order valence-electron chi connectivity index (χ1n) is 5.58. The number of aromatic nitrogens is 1. The zero-order chi connectivity index (χ0) is 13.5. The lowest BCUT2D eigenvalue weighted by atomic mass is 10.2. The van der Waals surface area contributed by atoms with E-state index in [2.05, 4.69) is 5.11 Å². The Balaban J connectivity index is 2.66. The molecule has 7 heteroatoms. The fraction of sp³-hybridized carbons (Fsp3) is 0.455. The van der Waals surface area contributed by atoms with E-state index >= 15 is 0 Å².